The molecular formula is C24H23N. The quantitative estimate of drug-likeness (QED) is 0.655. The van der Waals surface area contributed by atoms with Gasteiger partial charge in [0.2, 0.25) is 0 Å². The van der Waals surface area contributed by atoms with Crippen molar-refractivity contribution < 1.29 is 0 Å². The molecule has 0 amide bonds. The maximum atomic E-state index is 6.86. The van der Waals surface area contributed by atoms with E-state index in [2.05, 4.69) is 103 Å². The average Bonchev–Trinajstić information content (AvgIpc) is 2.70. The molecular weight excluding hydrogens is 302 g/mol. The molecule has 0 saturated heterocycles. The smallest absolute Gasteiger partial charge is 0.0221 e. The van der Waals surface area contributed by atoms with E-state index in [1.165, 1.54) is 16.7 Å². The van der Waals surface area contributed by atoms with Crippen LogP contribution in [-0.4, -0.2) is 6.04 Å². The van der Waals surface area contributed by atoms with Crippen molar-refractivity contribution in [1.29, 1.82) is 0 Å². The molecule has 4 unspecified atom stereocenters. The molecule has 4 atom stereocenters. The number of benzene rings is 3. The van der Waals surface area contributed by atoms with Gasteiger partial charge in [-0.2, -0.15) is 0 Å². The van der Waals surface area contributed by atoms with Gasteiger partial charge in [0.15, 0.2) is 0 Å². The first-order valence-electron chi connectivity index (χ1n) is 8.93. The summed E-state index contributed by atoms with van der Waals surface area (Å²) in [4.78, 5) is 0. The summed E-state index contributed by atoms with van der Waals surface area (Å²) >= 11 is 0. The Morgan fingerprint density at radius 3 is 1.40 bits per heavy atom. The molecule has 3 aromatic carbocycles. The maximum absolute atomic E-state index is 6.86. The lowest BCUT2D eigenvalue weighted by Gasteiger charge is -2.38. The van der Waals surface area contributed by atoms with Gasteiger partial charge in [-0.3, -0.25) is 0 Å². The molecule has 25 heavy (non-hydrogen) atoms. The van der Waals surface area contributed by atoms with Crippen molar-refractivity contribution in [2.45, 2.75) is 23.8 Å². The maximum Gasteiger partial charge on any atom is 0.0221 e. The average molecular weight is 325 g/mol. The van der Waals surface area contributed by atoms with Crippen LogP contribution in [0.15, 0.2) is 103 Å². The van der Waals surface area contributed by atoms with Gasteiger partial charge in [-0.05, 0) is 16.7 Å². The highest BCUT2D eigenvalue weighted by Gasteiger charge is 2.36. The summed E-state index contributed by atoms with van der Waals surface area (Å²) in [7, 11) is 0. The number of nitrogens with two attached hydrogens (primary N) is 1. The lowest BCUT2D eigenvalue weighted by atomic mass is 9.68. The molecule has 0 saturated carbocycles. The predicted molar refractivity (Wildman–Crippen MR) is 105 cm³/mol. The van der Waals surface area contributed by atoms with Crippen LogP contribution in [0.1, 0.15) is 34.4 Å². The summed E-state index contributed by atoms with van der Waals surface area (Å²) in [6.45, 7) is 0. The Kier molecular flexibility index (Phi) is 4.49. The molecule has 0 radical (unpaired) electrons. The second kappa shape index (κ2) is 7.08. The number of rotatable bonds is 3. The third-order valence-corrected chi connectivity index (χ3v) is 5.30. The van der Waals surface area contributed by atoms with Crippen LogP contribution in [0.5, 0.6) is 0 Å². The molecule has 0 spiro atoms. The van der Waals surface area contributed by atoms with Gasteiger partial charge in [0.25, 0.3) is 0 Å². The third-order valence-electron chi connectivity index (χ3n) is 5.30. The SMILES string of the molecule is NC1C(c2ccccc2)C=CC(c2ccccc2)C1c1ccccc1. The highest BCUT2D eigenvalue weighted by atomic mass is 14.7. The Bertz CT molecular complexity index is 824. The first-order chi connectivity index (χ1) is 12.3. The van der Waals surface area contributed by atoms with Crippen LogP contribution >= 0.6 is 0 Å². The lowest BCUT2D eigenvalue weighted by molar-refractivity contribution is 0.439. The molecule has 2 N–H and O–H groups in total. The zero-order valence-corrected chi connectivity index (χ0v) is 14.2. The van der Waals surface area contributed by atoms with Gasteiger partial charge in [0.1, 0.15) is 0 Å². The predicted octanol–water partition coefficient (Wildman–Crippen LogP) is 5.23. The van der Waals surface area contributed by atoms with E-state index in [-0.39, 0.29) is 17.9 Å². The van der Waals surface area contributed by atoms with E-state index in [4.69, 9.17) is 5.73 Å². The van der Waals surface area contributed by atoms with E-state index < -0.39 is 0 Å². The second-order valence-corrected chi connectivity index (χ2v) is 6.77. The van der Waals surface area contributed by atoms with Gasteiger partial charge in [-0.1, -0.05) is 103 Å². The van der Waals surface area contributed by atoms with Crippen LogP contribution in [0.4, 0.5) is 0 Å². The first-order valence-corrected chi connectivity index (χ1v) is 8.93. The van der Waals surface area contributed by atoms with Crippen molar-refractivity contribution in [1.82, 2.24) is 0 Å². The van der Waals surface area contributed by atoms with Crippen molar-refractivity contribution in [3.63, 3.8) is 0 Å². The molecule has 0 heterocycles. The van der Waals surface area contributed by atoms with Crippen molar-refractivity contribution in [3.8, 4) is 0 Å². The van der Waals surface area contributed by atoms with E-state index in [0.29, 0.717) is 5.92 Å². The van der Waals surface area contributed by atoms with Gasteiger partial charge in [0, 0.05) is 23.8 Å². The van der Waals surface area contributed by atoms with E-state index in [0.717, 1.165) is 0 Å². The summed E-state index contributed by atoms with van der Waals surface area (Å²) in [6, 6.07) is 32.1. The Labute approximate surface area is 149 Å². The van der Waals surface area contributed by atoms with Crippen LogP contribution in [0.2, 0.25) is 0 Å². The van der Waals surface area contributed by atoms with Crippen molar-refractivity contribution in [2.75, 3.05) is 0 Å². The number of hydrogen-bond donors (Lipinski definition) is 1. The zero-order valence-electron chi connectivity index (χ0n) is 14.2. The minimum atomic E-state index is 0.0417. The van der Waals surface area contributed by atoms with Crippen LogP contribution in [-0.2, 0) is 0 Å². The fourth-order valence-corrected chi connectivity index (χ4v) is 4.06. The standard InChI is InChI=1S/C24H23N/c25-24-22(19-12-6-2-7-13-19)17-16-21(18-10-4-1-5-11-18)23(24)20-14-8-3-9-15-20/h1-17,21-24H,25H2. The second-order valence-electron chi connectivity index (χ2n) is 6.77. The highest BCUT2D eigenvalue weighted by Crippen LogP contribution is 2.44. The van der Waals surface area contributed by atoms with Crippen molar-refractivity contribution in [3.05, 3.63) is 120 Å². The Hall–Kier alpha value is -2.64. The molecule has 0 aliphatic heterocycles. The molecule has 3 aromatic rings. The molecule has 1 aliphatic rings. The molecule has 124 valence electrons. The van der Waals surface area contributed by atoms with Crippen LogP contribution < -0.4 is 5.73 Å². The molecule has 0 bridgehead atoms. The molecule has 1 heteroatoms. The molecule has 1 aliphatic carbocycles. The molecule has 0 aromatic heterocycles. The van der Waals surface area contributed by atoms with E-state index in [9.17, 15) is 0 Å². The summed E-state index contributed by atoms with van der Waals surface area (Å²) in [5, 5.41) is 0. The Morgan fingerprint density at radius 2 is 0.880 bits per heavy atom. The van der Waals surface area contributed by atoms with Gasteiger partial charge >= 0.3 is 0 Å². The Morgan fingerprint density at radius 1 is 0.480 bits per heavy atom. The summed E-state index contributed by atoms with van der Waals surface area (Å²) < 4.78 is 0. The third kappa shape index (κ3) is 3.16. The van der Waals surface area contributed by atoms with Crippen molar-refractivity contribution >= 4 is 0 Å². The van der Waals surface area contributed by atoms with Gasteiger partial charge in [0.05, 0.1) is 0 Å². The highest BCUT2D eigenvalue weighted by molar-refractivity contribution is 5.40. The molecule has 4 rings (SSSR count). The lowest BCUT2D eigenvalue weighted by Crippen LogP contribution is -2.39. The van der Waals surface area contributed by atoms with Gasteiger partial charge < -0.3 is 5.73 Å². The minimum absolute atomic E-state index is 0.0417. The normalized spacial score (nSPS) is 25.6. The van der Waals surface area contributed by atoms with E-state index in [1.807, 2.05) is 0 Å². The van der Waals surface area contributed by atoms with Crippen LogP contribution in [0.25, 0.3) is 0 Å². The van der Waals surface area contributed by atoms with E-state index in [1.54, 1.807) is 0 Å². The fraction of sp³-hybridized carbons (Fsp3) is 0.167. The molecule has 0 fully saturated rings. The number of allylic oxidation sites excluding steroid dienone is 1. The van der Waals surface area contributed by atoms with Crippen molar-refractivity contribution in [2.24, 2.45) is 5.73 Å². The summed E-state index contributed by atoms with van der Waals surface area (Å²) in [5.74, 6) is 0.809. The largest absolute Gasteiger partial charge is 0.326 e. The zero-order chi connectivity index (χ0) is 17.1. The summed E-state index contributed by atoms with van der Waals surface area (Å²) in [5.41, 5.74) is 10.8. The number of hydrogen-bond acceptors (Lipinski definition) is 1. The van der Waals surface area contributed by atoms with Gasteiger partial charge in [-0.25, -0.2) is 0 Å². The Balaban J connectivity index is 1.79. The van der Waals surface area contributed by atoms with Gasteiger partial charge in [-0.15, -0.1) is 0 Å². The molecule has 1 nitrogen and oxygen atoms in total. The van der Waals surface area contributed by atoms with E-state index >= 15 is 0 Å². The minimum Gasteiger partial charge on any atom is -0.326 e. The monoisotopic (exact) mass is 325 g/mol. The summed E-state index contributed by atoms with van der Waals surface area (Å²) in [6.07, 6.45) is 4.66. The topological polar surface area (TPSA) is 26.0 Å². The fourth-order valence-electron chi connectivity index (χ4n) is 4.06. The van der Waals surface area contributed by atoms with Crippen LogP contribution in [0.3, 0.4) is 0 Å². The van der Waals surface area contributed by atoms with Crippen LogP contribution in [0, 0.1) is 0 Å². The first kappa shape index (κ1) is 15.9.